The van der Waals surface area contributed by atoms with Gasteiger partial charge in [-0.05, 0) is 36.4 Å². The highest BCUT2D eigenvalue weighted by Gasteiger charge is 2.13. The van der Waals surface area contributed by atoms with Crippen molar-refractivity contribution in [2.45, 2.75) is 10.6 Å². The molecule has 2 aromatic rings. The highest BCUT2D eigenvalue weighted by Crippen LogP contribution is 2.21. The first-order valence-corrected chi connectivity index (χ1v) is 7.04. The van der Waals surface area contributed by atoms with Gasteiger partial charge >= 0.3 is 0 Å². The highest BCUT2D eigenvalue weighted by molar-refractivity contribution is 7.84. The molecule has 1 atom stereocenters. The van der Waals surface area contributed by atoms with E-state index in [0.29, 0.717) is 5.02 Å². The molecule has 0 aromatic heterocycles. The average Bonchev–Trinajstić information content (AvgIpc) is 2.33. The van der Waals surface area contributed by atoms with Gasteiger partial charge in [0.05, 0.1) is 21.4 Å². The van der Waals surface area contributed by atoms with Crippen LogP contribution in [0, 0.1) is 11.6 Å². The summed E-state index contributed by atoms with van der Waals surface area (Å²) < 4.78 is 39.1. The van der Waals surface area contributed by atoms with Gasteiger partial charge in [0.2, 0.25) is 0 Å². The van der Waals surface area contributed by atoms with Gasteiger partial charge in [0.25, 0.3) is 0 Å². The lowest BCUT2D eigenvalue weighted by Gasteiger charge is -2.06. The van der Waals surface area contributed by atoms with Crippen LogP contribution in [0.1, 0.15) is 5.56 Å². The minimum absolute atomic E-state index is 0.00595. The Kier molecular flexibility index (Phi) is 4.17. The molecular formula is C13H10ClF2NOS. The topological polar surface area (TPSA) is 43.1 Å². The first-order chi connectivity index (χ1) is 8.97. The number of halogens is 3. The molecule has 0 spiro atoms. The van der Waals surface area contributed by atoms with E-state index in [4.69, 9.17) is 17.3 Å². The molecule has 0 radical (unpaired) electrons. The smallest absolute Gasteiger partial charge is 0.141 e. The van der Waals surface area contributed by atoms with E-state index < -0.39 is 22.4 Å². The molecule has 0 aliphatic rings. The van der Waals surface area contributed by atoms with E-state index in [1.165, 1.54) is 30.3 Å². The number of benzene rings is 2. The second kappa shape index (κ2) is 5.67. The summed E-state index contributed by atoms with van der Waals surface area (Å²) in [6, 6.07) is 7.83. The molecule has 0 saturated carbocycles. The molecular weight excluding hydrogens is 292 g/mol. The van der Waals surface area contributed by atoms with Gasteiger partial charge in [-0.25, -0.2) is 8.78 Å². The molecule has 19 heavy (non-hydrogen) atoms. The van der Waals surface area contributed by atoms with Crippen molar-refractivity contribution in [3.63, 3.8) is 0 Å². The SMILES string of the molecule is Nc1ccc(S(=O)Cc2cc(Cl)ccc2F)c(F)c1. The summed E-state index contributed by atoms with van der Waals surface area (Å²) in [5, 5.41) is 0.339. The van der Waals surface area contributed by atoms with Crippen molar-refractivity contribution in [1.82, 2.24) is 0 Å². The number of hydrogen-bond acceptors (Lipinski definition) is 2. The van der Waals surface area contributed by atoms with Gasteiger partial charge in [0, 0.05) is 16.3 Å². The third-order valence-electron chi connectivity index (χ3n) is 2.50. The third-order valence-corrected chi connectivity index (χ3v) is 4.13. The summed E-state index contributed by atoms with van der Waals surface area (Å²) >= 11 is 5.74. The molecule has 0 aliphatic heterocycles. The van der Waals surface area contributed by atoms with Crippen LogP contribution in [0.25, 0.3) is 0 Å². The molecule has 2 nitrogen and oxygen atoms in total. The van der Waals surface area contributed by atoms with E-state index in [1.807, 2.05) is 0 Å². The van der Waals surface area contributed by atoms with E-state index in [-0.39, 0.29) is 21.9 Å². The quantitative estimate of drug-likeness (QED) is 0.882. The Bertz CT molecular complexity index is 649. The summed E-state index contributed by atoms with van der Waals surface area (Å²) in [7, 11) is -1.70. The van der Waals surface area contributed by atoms with Crippen LogP contribution >= 0.6 is 11.6 Å². The Labute approximate surface area is 116 Å². The van der Waals surface area contributed by atoms with Gasteiger partial charge in [0.1, 0.15) is 11.6 Å². The summed E-state index contributed by atoms with van der Waals surface area (Å²) in [6.45, 7) is 0. The van der Waals surface area contributed by atoms with Crippen molar-refractivity contribution < 1.29 is 13.0 Å². The van der Waals surface area contributed by atoms with E-state index in [0.717, 1.165) is 6.07 Å². The van der Waals surface area contributed by atoms with Crippen molar-refractivity contribution in [2.24, 2.45) is 0 Å². The molecule has 2 aromatic carbocycles. The van der Waals surface area contributed by atoms with E-state index in [2.05, 4.69) is 0 Å². The lowest BCUT2D eigenvalue weighted by atomic mass is 10.2. The van der Waals surface area contributed by atoms with Gasteiger partial charge in [-0.15, -0.1) is 0 Å². The standard InChI is InChI=1S/C13H10ClF2NOS/c14-9-1-3-11(15)8(5-9)7-19(18)13-4-2-10(17)6-12(13)16/h1-6H,7,17H2. The van der Waals surface area contributed by atoms with Crippen molar-refractivity contribution >= 4 is 28.1 Å². The summed E-state index contributed by atoms with van der Waals surface area (Å²) in [5.41, 5.74) is 5.83. The third kappa shape index (κ3) is 3.30. The Morgan fingerprint density at radius 3 is 2.53 bits per heavy atom. The summed E-state index contributed by atoms with van der Waals surface area (Å²) in [4.78, 5) is -0.00595. The highest BCUT2D eigenvalue weighted by atomic mass is 35.5. The lowest BCUT2D eigenvalue weighted by molar-refractivity contribution is 0.594. The minimum atomic E-state index is -1.70. The number of anilines is 1. The molecule has 0 bridgehead atoms. The fraction of sp³-hybridized carbons (Fsp3) is 0.0769. The van der Waals surface area contributed by atoms with Gasteiger partial charge in [-0.1, -0.05) is 11.6 Å². The van der Waals surface area contributed by atoms with Crippen molar-refractivity contribution in [3.05, 3.63) is 58.6 Å². The second-order valence-corrected chi connectivity index (χ2v) is 5.77. The maximum Gasteiger partial charge on any atom is 0.141 e. The molecule has 0 aliphatic carbocycles. The van der Waals surface area contributed by atoms with Crippen molar-refractivity contribution in [2.75, 3.05) is 5.73 Å². The predicted octanol–water partition coefficient (Wildman–Crippen LogP) is 3.51. The summed E-state index contributed by atoms with van der Waals surface area (Å²) in [6.07, 6.45) is 0. The van der Waals surface area contributed by atoms with Gasteiger partial charge in [0.15, 0.2) is 0 Å². The fourth-order valence-corrected chi connectivity index (χ4v) is 2.92. The first kappa shape index (κ1) is 14.0. The second-order valence-electron chi connectivity index (χ2n) is 3.92. The van der Waals surface area contributed by atoms with Gasteiger partial charge in [-0.3, -0.25) is 4.21 Å². The van der Waals surface area contributed by atoms with Crippen LogP contribution in [0.15, 0.2) is 41.3 Å². The Balaban J connectivity index is 2.28. The first-order valence-electron chi connectivity index (χ1n) is 5.34. The Morgan fingerprint density at radius 2 is 1.84 bits per heavy atom. The molecule has 0 heterocycles. The zero-order chi connectivity index (χ0) is 14.0. The molecule has 2 rings (SSSR count). The van der Waals surface area contributed by atoms with E-state index in [1.54, 1.807) is 0 Å². The maximum atomic E-state index is 13.6. The number of nitrogen functional groups attached to an aromatic ring is 1. The number of nitrogens with two attached hydrogens (primary N) is 1. The number of hydrogen-bond donors (Lipinski definition) is 1. The van der Waals surface area contributed by atoms with E-state index in [9.17, 15) is 13.0 Å². The summed E-state index contributed by atoms with van der Waals surface area (Å²) in [5.74, 6) is -1.33. The largest absolute Gasteiger partial charge is 0.399 e. The van der Waals surface area contributed by atoms with Crippen LogP contribution in [-0.2, 0) is 16.6 Å². The lowest BCUT2D eigenvalue weighted by Crippen LogP contribution is -2.02. The van der Waals surface area contributed by atoms with Crippen LogP contribution in [0.2, 0.25) is 5.02 Å². The average molecular weight is 302 g/mol. The van der Waals surface area contributed by atoms with Crippen molar-refractivity contribution in [3.8, 4) is 0 Å². The van der Waals surface area contributed by atoms with Gasteiger partial charge < -0.3 is 5.73 Å². The molecule has 1 unspecified atom stereocenters. The molecule has 2 N–H and O–H groups in total. The van der Waals surface area contributed by atoms with Crippen molar-refractivity contribution in [1.29, 1.82) is 0 Å². The van der Waals surface area contributed by atoms with Crippen LogP contribution in [-0.4, -0.2) is 4.21 Å². The van der Waals surface area contributed by atoms with Crippen LogP contribution in [0.3, 0.4) is 0 Å². The van der Waals surface area contributed by atoms with Gasteiger partial charge in [-0.2, -0.15) is 0 Å². The molecule has 0 saturated heterocycles. The normalized spacial score (nSPS) is 12.4. The number of rotatable bonds is 3. The molecule has 0 fully saturated rings. The monoisotopic (exact) mass is 301 g/mol. The Hall–Kier alpha value is -1.46. The van der Waals surface area contributed by atoms with Crippen LogP contribution in [0.5, 0.6) is 0 Å². The van der Waals surface area contributed by atoms with E-state index >= 15 is 0 Å². The molecule has 100 valence electrons. The van der Waals surface area contributed by atoms with Crippen LogP contribution in [0.4, 0.5) is 14.5 Å². The molecule has 6 heteroatoms. The zero-order valence-corrected chi connectivity index (χ0v) is 11.3. The maximum absolute atomic E-state index is 13.6. The molecule has 0 amide bonds. The zero-order valence-electron chi connectivity index (χ0n) is 9.70. The fourth-order valence-electron chi connectivity index (χ4n) is 1.57. The predicted molar refractivity (Wildman–Crippen MR) is 72.3 cm³/mol. The Morgan fingerprint density at radius 1 is 1.11 bits per heavy atom. The minimum Gasteiger partial charge on any atom is -0.399 e. The van der Waals surface area contributed by atoms with Crippen LogP contribution < -0.4 is 5.73 Å².